The van der Waals surface area contributed by atoms with Gasteiger partial charge in [0.2, 0.25) is 5.91 Å². The summed E-state index contributed by atoms with van der Waals surface area (Å²) < 4.78 is 0. The van der Waals surface area contributed by atoms with Crippen LogP contribution in [0.15, 0.2) is 30.3 Å². The van der Waals surface area contributed by atoms with Gasteiger partial charge in [-0.15, -0.1) is 0 Å². The Kier molecular flexibility index (Phi) is 3.66. The first kappa shape index (κ1) is 14.4. The molecule has 1 aliphatic heterocycles. The number of ketones is 1. The van der Waals surface area contributed by atoms with Gasteiger partial charge in [-0.1, -0.05) is 40.9 Å². The molecule has 0 radical (unpaired) electrons. The largest absolute Gasteiger partial charge is 0.325 e. The number of hydrogen-bond acceptors (Lipinski definition) is 2. The van der Waals surface area contributed by atoms with Crippen LogP contribution in [0.5, 0.6) is 0 Å². The van der Waals surface area contributed by atoms with Crippen LogP contribution in [0, 0.1) is 0 Å². The molecule has 0 fully saturated rings. The smallest absolute Gasteiger partial charge is 0.228 e. The van der Waals surface area contributed by atoms with Gasteiger partial charge in [-0.25, -0.2) is 0 Å². The number of carbonyl (C=O) groups is 2. The quantitative estimate of drug-likeness (QED) is 0.825. The Hall–Kier alpha value is -1.55. The Morgan fingerprint density at radius 3 is 2.57 bits per heavy atom. The lowest BCUT2D eigenvalue weighted by atomic mass is 10.00. The maximum Gasteiger partial charge on any atom is 0.228 e. The van der Waals surface area contributed by atoms with Crippen LogP contribution in [0.3, 0.4) is 0 Å². The van der Waals surface area contributed by atoms with Crippen molar-refractivity contribution in [2.45, 2.75) is 6.42 Å². The van der Waals surface area contributed by atoms with E-state index in [-0.39, 0.29) is 33.7 Å². The second-order valence-corrected chi connectivity index (χ2v) is 5.84. The third kappa shape index (κ3) is 2.53. The third-order valence-electron chi connectivity index (χ3n) is 3.26. The molecule has 1 heterocycles. The molecule has 1 amide bonds. The lowest BCUT2D eigenvalue weighted by Crippen LogP contribution is -2.04. The van der Waals surface area contributed by atoms with Gasteiger partial charge in [-0.2, -0.15) is 0 Å². The van der Waals surface area contributed by atoms with Crippen molar-refractivity contribution in [2.75, 3.05) is 5.32 Å². The minimum Gasteiger partial charge on any atom is -0.325 e. The maximum absolute atomic E-state index is 12.6. The van der Waals surface area contributed by atoms with Crippen LogP contribution in [0.1, 0.15) is 21.5 Å². The molecule has 3 rings (SSSR count). The number of nitrogens with one attached hydrogen (secondary N) is 1. The summed E-state index contributed by atoms with van der Waals surface area (Å²) in [7, 11) is 0. The molecule has 0 bridgehead atoms. The molecule has 3 nitrogen and oxygen atoms in total. The molecule has 0 atom stereocenters. The monoisotopic (exact) mass is 339 g/mol. The Labute approximate surface area is 135 Å². The molecular formula is C15H8Cl3NO2. The molecule has 0 unspecified atom stereocenters. The summed E-state index contributed by atoms with van der Waals surface area (Å²) in [6, 6.07) is 8.04. The molecule has 0 saturated heterocycles. The van der Waals surface area contributed by atoms with Gasteiger partial charge in [0.15, 0.2) is 5.78 Å². The van der Waals surface area contributed by atoms with Gasteiger partial charge in [0.1, 0.15) is 0 Å². The van der Waals surface area contributed by atoms with E-state index in [2.05, 4.69) is 5.32 Å². The van der Waals surface area contributed by atoms with Gasteiger partial charge in [0.25, 0.3) is 0 Å². The van der Waals surface area contributed by atoms with E-state index in [0.717, 1.165) is 5.56 Å². The number of amides is 1. The molecular weight excluding hydrogens is 333 g/mol. The highest BCUT2D eigenvalue weighted by Crippen LogP contribution is 2.33. The molecule has 0 spiro atoms. The van der Waals surface area contributed by atoms with E-state index in [0.29, 0.717) is 16.3 Å². The van der Waals surface area contributed by atoms with Crippen molar-refractivity contribution >= 4 is 52.2 Å². The highest BCUT2D eigenvalue weighted by molar-refractivity contribution is 6.45. The predicted molar refractivity (Wildman–Crippen MR) is 83.7 cm³/mol. The zero-order valence-corrected chi connectivity index (χ0v) is 12.8. The van der Waals surface area contributed by atoms with E-state index >= 15 is 0 Å². The SMILES string of the molecule is O=C1Cc2cc(C(=O)c3cccc(Cl)c3Cl)c(Cl)cc2N1. The van der Waals surface area contributed by atoms with Gasteiger partial charge < -0.3 is 5.32 Å². The molecule has 1 N–H and O–H groups in total. The van der Waals surface area contributed by atoms with E-state index in [4.69, 9.17) is 34.8 Å². The first-order valence-electron chi connectivity index (χ1n) is 6.08. The number of carbonyl (C=O) groups excluding carboxylic acids is 2. The first-order valence-corrected chi connectivity index (χ1v) is 7.21. The van der Waals surface area contributed by atoms with Gasteiger partial charge in [0.05, 0.1) is 21.5 Å². The molecule has 0 saturated carbocycles. The minimum atomic E-state index is -0.324. The highest BCUT2D eigenvalue weighted by atomic mass is 35.5. The van der Waals surface area contributed by atoms with Crippen LogP contribution in [-0.2, 0) is 11.2 Å². The van der Waals surface area contributed by atoms with Gasteiger partial charge >= 0.3 is 0 Å². The number of halogens is 3. The third-order valence-corrected chi connectivity index (χ3v) is 4.39. The molecule has 0 aliphatic carbocycles. The summed E-state index contributed by atoms with van der Waals surface area (Å²) in [5, 5.41) is 3.44. The molecule has 106 valence electrons. The van der Waals surface area contributed by atoms with Crippen molar-refractivity contribution in [3.63, 3.8) is 0 Å². The summed E-state index contributed by atoms with van der Waals surface area (Å²) >= 11 is 18.1. The van der Waals surface area contributed by atoms with Crippen LogP contribution in [-0.4, -0.2) is 11.7 Å². The first-order chi connectivity index (χ1) is 9.97. The normalized spacial score (nSPS) is 13.0. The lowest BCUT2D eigenvalue weighted by molar-refractivity contribution is -0.115. The topological polar surface area (TPSA) is 46.2 Å². The molecule has 6 heteroatoms. The van der Waals surface area contributed by atoms with Crippen LogP contribution in [0.25, 0.3) is 0 Å². The zero-order valence-electron chi connectivity index (χ0n) is 10.5. The molecule has 0 aromatic heterocycles. The van der Waals surface area contributed by atoms with Crippen molar-refractivity contribution < 1.29 is 9.59 Å². The van der Waals surface area contributed by atoms with E-state index in [9.17, 15) is 9.59 Å². The summed E-state index contributed by atoms with van der Waals surface area (Å²) in [6.45, 7) is 0. The van der Waals surface area contributed by atoms with Crippen molar-refractivity contribution in [3.05, 3.63) is 62.1 Å². The summed E-state index contributed by atoms with van der Waals surface area (Å²) in [5.41, 5.74) is 1.96. The summed E-state index contributed by atoms with van der Waals surface area (Å²) in [6.07, 6.45) is 0.232. The van der Waals surface area contributed by atoms with Crippen LogP contribution < -0.4 is 5.32 Å². The standard InChI is InChI=1S/C15H8Cl3NO2/c16-10-3-1-2-8(14(10)18)15(21)9-4-7-5-13(20)19-12(7)6-11(9)17/h1-4,6H,5H2,(H,19,20). The average Bonchev–Trinajstić information content (AvgIpc) is 2.79. The molecule has 2 aromatic rings. The van der Waals surface area contributed by atoms with Crippen LogP contribution in [0.4, 0.5) is 5.69 Å². The second-order valence-electron chi connectivity index (χ2n) is 4.64. The average molecular weight is 341 g/mol. The number of fused-ring (bicyclic) bond motifs is 1. The van der Waals surface area contributed by atoms with Gasteiger partial charge in [-0.05, 0) is 29.8 Å². The Morgan fingerprint density at radius 2 is 1.81 bits per heavy atom. The van der Waals surface area contributed by atoms with Crippen molar-refractivity contribution in [3.8, 4) is 0 Å². The summed E-state index contributed by atoms with van der Waals surface area (Å²) in [5.74, 6) is -0.443. The molecule has 21 heavy (non-hydrogen) atoms. The fourth-order valence-electron chi connectivity index (χ4n) is 2.25. The van der Waals surface area contributed by atoms with Crippen LogP contribution >= 0.6 is 34.8 Å². The van der Waals surface area contributed by atoms with Gasteiger partial charge in [0, 0.05) is 16.8 Å². The fraction of sp³-hybridized carbons (Fsp3) is 0.0667. The van der Waals surface area contributed by atoms with Crippen LogP contribution in [0.2, 0.25) is 15.1 Å². The maximum atomic E-state index is 12.6. The van der Waals surface area contributed by atoms with E-state index in [1.807, 2.05) is 0 Å². The number of benzene rings is 2. The lowest BCUT2D eigenvalue weighted by Gasteiger charge is -2.09. The predicted octanol–water partition coefficient (Wildman–Crippen LogP) is 4.37. The molecule has 1 aliphatic rings. The fourth-order valence-corrected chi connectivity index (χ4v) is 2.88. The zero-order chi connectivity index (χ0) is 15.1. The number of anilines is 1. The molecule has 2 aromatic carbocycles. The number of rotatable bonds is 2. The Morgan fingerprint density at radius 1 is 1.05 bits per heavy atom. The number of hydrogen-bond donors (Lipinski definition) is 1. The Bertz CT molecular complexity index is 787. The van der Waals surface area contributed by atoms with E-state index < -0.39 is 0 Å². The van der Waals surface area contributed by atoms with Crippen molar-refractivity contribution in [2.24, 2.45) is 0 Å². The second kappa shape index (κ2) is 5.34. The van der Waals surface area contributed by atoms with Crippen molar-refractivity contribution in [1.82, 2.24) is 0 Å². The minimum absolute atomic E-state index is 0.119. The highest BCUT2D eigenvalue weighted by Gasteiger charge is 2.23. The summed E-state index contributed by atoms with van der Waals surface area (Å²) in [4.78, 5) is 24.0. The van der Waals surface area contributed by atoms with Crippen molar-refractivity contribution in [1.29, 1.82) is 0 Å². The van der Waals surface area contributed by atoms with Gasteiger partial charge in [-0.3, -0.25) is 9.59 Å². The van der Waals surface area contributed by atoms with E-state index in [1.165, 1.54) is 0 Å². The van der Waals surface area contributed by atoms with E-state index in [1.54, 1.807) is 30.3 Å². The Balaban J connectivity index is 2.09.